The maximum absolute atomic E-state index is 12.5. The Kier molecular flexibility index (Phi) is 3.95. The highest BCUT2D eigenvalue weighted by atomic mass is 16.3. The lowest BCUT2D eigenvalue weighted by Crippen LogP contribution is -2.42. The van der Waals surface area contributed by atoms with Crippen LogP contribution in [0.2, 0.25) is 0 Å². The third kappa shape index (κ3) is 3.23. The van der Waals surface area contributed by atoms with Crippen molar-refractivity contribution in [1.29, 1.82) is 0 Å². The Morgan fingerprint density at radius 3 is 2.48 bits per heavy atom. The van der Waals surface area contributed by atoms with Crippen molar-refractivity contribution in [3.8, 4) is 11.3 Å². The Hall–Kier alpha value is -2.07. The summed E-state index contributed by atoms with van der Waals surface area (Å²) in [6.45, 7) is 6.59. The van der Waals surface area contributed by atoms with E-state index in [9.17, 15) is 4.79 Å². The van der Waals surface area contributed by atoms with Gasteiger partial charge in [0.2, 0.25) is 0 Å². The van der Waals surface area contributed by atoms with Crippen molar-refractivity contribution in [2.24, 2.45) is 0 Å². The van der Waals surface area contributed by atoms with Gasteiger partial charge in [-0.05, 0) is 42.4 Å². The summed E-state index contributed by atoms with van der Waals surface area (Å²) in [6, 6.07) is 13.2. The van der Waals surface area contributed by atoms with Crippen molar-refractivity contribution in [3.63, 3.8) is 0 Å². The number of hydrogen-bond acceptors (Lipinski definition) is 3. The van der Waals surface area contributed by atoms with Gasteiger partial charge in [0.15, 0.2) is 5.76 Å². The summed E-state index contributed by atoms with van der Waals surface area (Å²) in [5.74, 6) is 1.01. The van der Waals surface area contributed by atoms with Gasteiger partial charge in [-0.2, -0.15) is 0 Å². The van der Waals surface area contributed by atoms with E-state index in [1.807, 2.05) is 6.07 Å². The number of furan rings is 1. The molecular weight excluding hydrogens is 312 g/mol. The summed E-state index contributed by atoms with van der Waals surface area (Å²) in [5.41, 5.74) is 2.40. The van der Waals surface area contributed by atoms with E-state index >= 15 is 0 Å². The van der Waals surface area contributed by atoms with Crippen LogP contribution in [-0.2, 0) is 5.41 Å². The molecule has 25 heavy (non-hydrogen) atoms. The Balaban J connectivity index is 1.45. The van der Waals surface area contributed by atoms with Gasteiger partial charge in [0, 0.05) is 23.7 Å². The molecule has 2 saturated heterocycles. The summed E-state index contributed by atoms with van der Waals surface area (Å²) in [4.78, 5) is 12.5. The number of carbonyl (C=O) groups is 1. The molecule has 1 aromatic heterocycles. The standard InChI is InChI=1S/C21H26N2O2/c1-21(2,3)14-6-4-13(5-7-14)18-10-11-19(25-18)20(24)23-17-12-15-8-9-16(17)22-15/h4-7,10-11,15-17,22H,8-9,12H2,1-3H3,(H,23,24). The van der Waals surface area contributed by atoms with E-state index in [2.05, 4.69) is 55.7 Å². The monoisotopic (exact) mass is 338 g/mol. The molecule has 1 aromatic carbocycles. The van der Waals surface area contributed by atoms with Crippen LogP contribution in [0.15, 0.2) is 40.8 Å². The molecule has 4 heteroatoms. The van der Waals surface area contributed by atoms with E-state index < -0.39 is 0 Å². The zero-order chi connectivity index (χ0) is 17.6. The molecule has 2 aromatic rings. The molecule has 2 aliphatic rings. The average molecular weight is 338 g/mol. The fourth-order valence-corrected chi connectivity index (χ4v) is 3.97. The largest absolute Gasteiger partial charge is 0.451 e. The number of carbonyl (C=O) groups excluding carboxylic acids is 1. The third-order valence-corrected chi connectivity index (χ3v) is 5.48. The van der Waals surface area contributed by atoms with Crippen molar-refractivity contribution in [2.45, 2.75) is 63.6 Å². The van der Waals surface area contributed by atoms with Crippen LogP contribution in [0.5, 0.6) is 0 Å². The lowest BCUT2D eigenvalue weighted by Gasteiger charge is -2.20. The van der Waals surface area contributed by atoms with Crippen molar-refractivity contribution < 1.29 is 9.21 Å². The minimum Gasteiger partial charge on any atom is -0.451 e. The molecule has 2 bridgehead atoms. The highest BCUT2D eigenvalue weighted by Gasteiger charge is 2.39. The van der Waals surface area contributed by atoms with Crippen LogP contribution in [0.3, 0.4) is 0 Å². The van der Waals surface area contributed by atoms with Gasteiger partial charge in [-0.3, -0.25) is 4.79 Å². The minimum atomic E-state index is -0.114. The molecular formula is C21H26N2O2. The zero-order valence-corrected chi connectivity index (χ0v) is 15.1. The SMILES string of the molecule is CC(C)(C)c1ccc(-c2ccc(C(=O)NC3CC4CCC3N4)o2)cc1. The Morgan fingerprint density at radius 2 is 1.88 bits per heavy atom. The molecule has 2 aliphatic heterocycles. The van der Waals surface area contributed by atoms with E-state index in [-0.39, 0.29) is 17.4 Å². The first-order valence-electron chi connectivity index (χ1n) is 9.18. The number of nitrogens with one attached hydrogen (secondary N) is 2. The summed E-state index contributed by atoms with van der Waals surface area (Å²) < 4.78 is 5.81. The van der Waals surface area contributed by atoms with Crippen LogP contribution in [0.1, 0.15) is 56.2 Å². The summed E-state index contributed by atoms with van der Waals surface area (Å²) in [5, 5.41) is 6.66. The van der Waals surface area contributed by atoms with Crippen molar-refractivity contribution in [1.82, 2.24) is 10.6 Å². The lowest BCUT2D eigenvalue weighted by atomic mass is 9.86. The topological polar surface area (TPSA) is 54.3 Å². The fourth-order valence-electron chi connectivity index (χ4n) is 3.97. The molecule has 4 rings (SSSR count). The quantitative estimate of drug-likeness (QED) is 0.893. The molecule has 3 unspecified atom stereocenters. The third-order valence-electron chi connectivity index (χ3n) is 5.48. The maximum Gasteiger partial charge on any atom is 0.287 e. The molecule has 0 spiro atoms. The van der Waals surface area contributed by atoms with Crippen LogP contribution in [0, 0.1) is 0 Å². The number of rotatable bonds is 3. The predicted octanol–water partition coefficient (Wildman–Crippen LogP) is 3.87. The highest BCUT2D eigenvalue weighted by Crippen LogP contribution is 2.29. The molecule has 132 valence electrons. The van der Waals surface area contributed by atoms with Gasteiger partial charge in [-0.25, -0.2) is 0 Å². The lowest BCUT2D eigenvalue weighted by molar-refractivity contribution is 0.0903. The molecule has 0 saturated carbocycles. The second-order valence-corrected chi connectivity index (χ2v) is 8.35. The fraction of sp³-hybridized carbons (Fsp3) is 0.476. The van der Waals surface area contributed by atoms with Crippen LogP contribution < -0.4 is 10.6 Å². The first-order chi connectivity index (χ1) is 11.9. The molecule has 3 atom stereocenters. The van der Waals surface area contributed by atoms with E-state index in [1.165, 1.54) is 12.0 Å². The second-order valence-electron chi connectivity index (χ2n) is 8.35. The van der Waals surface area contributed by atoms with E-state index in [0.29, 0.717) is 17.8 Å². The molecule has 2 fully saturated rings. The smallest absolute Gasteiger partial charge is 0.287 e. The van der Waals surface area contributed by atoms with E-state index in [1.54, 1.807) is 6.07 Å². The molecule has 0 radical (unpaired) electrons. The van der Waals surface area contributed by atoms with E-state index in [0.717, 1.165) is 24.2 Å². The Labute approximate surface area is 149 Å². The second kappa shape index (κ2) is 6.03. The van der Waals surface area contributed by atoms with Gasteiger partial charge in [0.1, 0.15) is 5.76 Å². The van der Waals surface area contributed by atoms with Crippen molar-refractivity contribution >= 4 is 5.91 Å². The van der Waals surface area contributed by atoms with Gasteiger partial charge in [0.25, 0.3) is 5.91 Å². The summed E-state index contributed by atoms with van der Waals surface area (Å²) in [7, 11) is 0. The number of benzene rings is 1. The molecule has 0 aliphatic carbocycles. The molecule has 1 amide bonds. The van der Waals surface area contributed by atoms with Crippen LogP contribution >= 0.6 is 0 Å². The molecule has 2 N–H and O–H groups in total. The zero-order valence-electron chi connectivity index (χ0n) is 15.1. The van der Waals surface area contributed by atoms with Crippen molar-refractivity contribution in [3.05, 3.63) is 47.7 Å². The first kappa shape index (κ1) is 16.4. The van der Waals surface area contributed by atoms with Crippen LogP contribution in [0.25, 0.3) is 11.3 Å². The minimum absolute atomic E-state index is 0.114. The summed E-state index contributed by atoms with van der Waals surface area (Å²) >= 11 is 0. The Morgan fingerprint density at radius 1 is 1.12 bits per heavy atom. The van der Waals surface area contributed by atoms with Gasteiger partial charge < -0.3 is 15.1 Å². The predicted molar refractivity (Wildman–Crippen MR) is 98.7 cm³/mol. The van der Waals surface area contributed by atoms with Gasteiger partial charge >= 0.3 is 0 Å². The Bertz CT molecular complexity index is 770. The van der Waals surface area contributed by atoms with Gasteiger partial charge in [0.05, 0.1) is 0 Å². The number of fused-ring (bicyclic) bond motifs is 2. The van der Waals surface area contributed by atoms with E-state index in [4.69, 9.17) is 4.42 Å². The average Bonchev–Trinajstić information content (AvgIpc) is 3.30. The van der Waals surface area contributed by atoms with Gasteiger partial charge in [-0.15, -0.1) is 0 Å². The number of amides is 1. The van der Waals surface area contributed by atoms with Crippen LogP contribution in [-0.4, -0.2) is 24.0 Å². The molecule has 4 nitrogen and oxygen atoms in total. The van der Waals surface area contributed by atoms with Crippen molar-refractivity contribution in [2.75, 3.05) is 0 Å². The highest BCUT2D eigenvalue weighted by molar-refractivity contribution is 5.92. The maximum atomic E-state index is 12.5. The number of hydrogen-bond donors (Lipinski definition) is 2. The van der Waals surface area contributed by atoms with Crippen LogP contribution in [0.4, 0.5) is 0 Å². The van der Waals surface area contributed by atoms with Gasteiger partial charge in [-0.1, -0.05) is 45.0 Å². The summed E-state index contributed by atoms with van der Waals surface area (Å²) in [6.07, 6.45) is 3.41. The first-order valence-corrected chi connectivity index (χ1v) is 9.18. The molecule has 3 heterocycles. The normalized spacial score (nSPS) is 25.3.